The minimum Gasteiger partial charge on any atom is -0.481 e. The first-order valence-corrected chi connectivity index (χ1v) is 5.52. The first kappa shape index (κ1) is 13.3. The van der Waals surface area contributed by atoms with E-state index in [0.717, 1.165) is 0 Å². The van der Waals surface area contributed by atoms with Crippen LogP contribution in [0.2, 0.25) is 0 Å². The van der Waals surface area contributed by atoms with Gasteiger partial charge in [0, 0.05) is 13.1 Å². The lowest BCUT2D eigenvalue weighted by atomic mass is 10.1. The van der Waals surface area contributed by atoms with Gasteiger partial charge in [0.05, 0.1) is 12.0 Å². The van der Waals surface area contributed by atoms with Gasteiger partial charge in [-0.25, -0.2) is 4.79 Å². The summed E-state index contributed by atoms with van der Waals surface area (Å²) in [5, 5.41) is 16.2. The van der Waals surface area contributed by atoms with Crippen LogP contribution in [0.5, 0.6) is 0 Å². The number of amides is 3. The number of hydrogen-bond acceptors (Lipinski definition) is 3. The van der Waals surface area contributed by atoms with Crippen LogP contribution in [-0.4, -0.2) is 42.6 Å². The summed E-state index contributed by atoms with van der Waals surface area (Å²) in [4.78, 5) is 33.1. The van der Waals surface area contributed by atoms with Crippen LogP contribution in [0.1, 0.15) is 19.8 Å². The van der Waals surface area contributed by atoms with Crippen molar-refractivity contribution in [1.29, 1.82) is 0 Å². The second-order valence-corrected chi connectivity index (χ2v) is 4.08. The summed E-state index contributed by atoms with van der Waals surface area (Å²) in [6, 6.07) is -0.524. The van der Waals surface area contributed by atoms with Gasteiger partial charge >= 0.3 is 12.0 Å². The van der Waals surface area contributed by atoms with Crippen molar-refractivity contribution < 1.29 is 19.5 Å². The van der Waals surface area contributed by atoms with Gasteiger partial charge in [0.15, 0.2) is 0 Å². The zero-order valence-electron chi connectivity index (χ0n) is 9.71. The molecule has 17 heavy (non-hydrogen) atoms. The minimum absolute atomic E-state index is 0.101. The van der Waals surface area contributed by atoms with Crippen LogP contribution in [0.25, 0.3) is 0 Å². The van der Waals surface area contributed by atoms with Crippen LogP contribution in [0.4, 0.5) is 4.79 Å². The molecule has 0 unspecified atom stereocenters. The number of likely N-dealkylation sites (N-methyl/N-ethyl adjacent to an activating group) is 1. The Morgan fingerprint density at radius 1 is 1.18 bits per heavy atom. The Kier molecular flexibility index (Phi) is 4.30. The maximum atomic E-state index is 11.3. The molecule has 0 saturated heterocycles. The number of urea groups is 1. The van der Waals surface area contributed by atoms with Gasteiger partial charge in [0.25, 0.3) is 0 Å². The van der Waals surface area contributed by atoms with E-state index in [4.69, 9.17) is 5.11 Å². The Morgan fingerprint density at radius 3 is 2.29 bits per heavy atom. The molecule has 96 valence electrons. The molecule has 0 aromatic carbocycles. The zero-order chi connectivity index (χ0) is 12.9. The van der Waals surface area contributed by atoms with Crippen LogP contribution in [0.15, 0.2) is 0 Å². The van der Waals surface area contributed by atoms with Crippen LogP contribution in [-0.2, 0) is 9.59 Å². The Balaban J connectivity index is 2.18. The van der Waals surface area contributed by atoms with E-state index >= 15 is 0 Å². The van der Waals surface area contributed by atoms with Gasteiger partial charge in [-0.2, -0.15) is 0 Å². The first-order valence-electron chi connectivity index (χ1n) is 5.52. The molecule has 0 atom stereocenters. The fourth-order valence-corrected chi connectivity index (χ4v) is 1.35. The Bertz CT molecular complexity index is 326. The van der Waals surface area contributed by atoms with Gasteiger partial charge in [-0.15, -0.1) is 0 Å². The molecule has 0 aliphatic heterocycles. The van der Waals surface area contributed by atoms with Crippen LogP contribution < -0.4 is 16.0 Å². The molecule has 7 heteroatoms. The maximum absolute atomic E-state index is 11.3. The second kappa shape index (κ2) is 5.51. The molecule has 0 heterocycles. The van der Waals surface area contributed by atoms with Gasteiger partial charge in [-0.3, -0.25) is 9.59 Å². The quantitative estimate of drug-likeness (QED) is 0.494. The summed E-state index contributed by atoms with van der Waals surface area (Å²) in [5.74, 6) is -1.16. The average Bonchev–Trinajstić information content (AvgIpc) is 3.05. The number of carboxylic acids is 1. The fourth-order valence-electron chi connectivity index (χ4n) is 1.35. The van der Waals surface area contributed by atoms with Crippen molar-refractivity contribution in [3.63, 3.8) is 0 Å². The molecule has 4 N–H and O–H groups in total. The molecule has 0 spiro atoms. The van der Waals surface area contributed by atoms with E-state index in [1.807, 2.05) is 0 Å². The summed E-state index contributed by atoms with van der Waals surface area (Å²) in [6.45, 7) is 2.27. The number of hydrogen-bond donors (Lipinski definition) is 4. The lowest BCUT2D eigenvalue weighted by Crippen LogP contribution is -2.44. The van der Waals surface area contributed by atoms with E-state index in [0.29, 0.717) is 19.4 Å². The highest BCUT2D eigenvalue weighted by atomic mass is 16.4. The normalized spacial score (nSPS) is 15.8. The standard InChI is InChI=1S/C10H17N3O4/c1-2-11-7(14)5-12-9(17)13-6-10(3-4-10)8(15)16/h2-6H2,1H3,(H,11,14)(H,15,16)(H2,12,13,17). The molecule has 1 saturated carbocycles. The molecule has 1 rings (SSSR count). The highest BCUT2D eigenvalue weighted by molar-refractivity contribution is 5.84. The number of nitrogens with one attached hydrogen (secondary N) is 3. The first-order chi connectivity index (χ1) is 8.00. The van der Waals surface area contributed by atoms with E-state index in [1.165, 1.54) is 0 Å². The number of carboxylic acid groups (broad SMARTS) is 1. The lowest BCUT2D eigenvalue weighted by Gasteiger charge is -2.11. The number of carbonyl (C=O) groups excluding carboxylic acids is 2. The molecule has 1 aliphatic rings. The van der Waals surface area contributed by atoms with Gasteiger partial charge < -0.3 is 21.1 Å². The molecule has 0 radical (unpaired) electrons. The molecule has 0 aromatic heterocycles. The van der Waals surface area contributed by atoms with Crippen molar-refractivity contribution in [2.45, 2.75) is 19.8 Å². The highest BCUT2D eigenvalue weighted by Gasteiger charge is 2.50. The van der Waals surface area contributed by atoms with Crippen molar-refractivity contribution in [2.75, 3.05) is 19.6 Å². The average molecular weight is 243 g/mol. The maximum Gasteiger partial charge on any atom is 0.315 e. The van der Waals surface area contributed by atoms with E-state index < -0.39 is 17.4 Å². The third kappa shape index (κ3) is 3.93. The van der Waals surface area contributed by atoms with E-state index in [-0.39, 0.29) is 19.0 Å². The van der Waals surface area contributed by atoms with Gasteiger partial charge in [-0.05, 0) is 19.8 Å². The van der Waals surface area contributed by atoms with Gasteiger partial charge in [0.1, 0.15) is 0 Å². The molecular formula is C10H17N3O4. The third-order valence-corrected chi connectivity index (χ3v) is 2.68. The summed E-state index contributed by atoms with van der Waals surface area (Å²) in [5.41, 5.74) is -0.789. The third-order valence-electron chi connectivity index (χ3n) is 2.68. The second-order valence-electron chi connectivity index (χ2n) is 4.08. The lowest BCUT2D eigenvalue weighted by molar-refractivity contribution is -0.143. The molecular weight excluding hydrogens is 226 g/mol. The number of carbonyl (C=O) groups is 3. The Labute approximate surface area is 98.9 Å². The van der Waals surface area contributed by atoms with Crippen LogP contribution >= 0.6 is 0 Å². The SMILES string of the molecule is CCNC(=O)CNC(=O)NCC1(C(=O)O)CC1. The molecule has 3 amide bonds. The zero-order valence-corrected chi connectivity index (χ0v) is 9.71. The number of rotatable bonds is 6. The summed E-state index contributed by atoms with van der Waals surface area (Å²) in [7, 11) is 0. The monoisotopic (exact) mass is 243 g/mol. The Hall–Kier alpha value is -1.79. The van der Waals surface area contributed by atoms with Crippen LogP contribution in [0.3, 0.4) is 0 Å². The summed E-state index contributed by atoms with van der Waals surface area (Å²) in [6.07, 6.45) is 1.16. The van der Waals surface area contributed by atoms with E-state index in [2.05, 4.69) is 16.0 Å². The van der Waals surface area contributed by atoms with Crippen molar-refractivity contribution >= 4 is 17.9 Å². The van der Waals surface area contributed by atoms with Crippen molar-refractivity contribution in [2.24, 2.45) is 5.41 Å². The smallest absolute Gasteiger partial charge is 0.315 e. The summed E-state index contributed by atoms with van der Waals surface area (Å²) >= 11 is 0. The van der Waals surface area contributed by atoms with Crippen LogP contribution in [0, 0.1) is 5.41 Å². The molecule has 1 aliphatic carbocycles. The highest BCUT2D eigenvalue weighted by Crippen LogP contribution is 2.45. The molecule has 0 bridgehead atoms. The molecule has 1 fully saturated rings. The van der Waals surface area contributed by atoms with Crippen molar-refractivity contribution in [3.8, 4) is 0 Å². The van der Waals surface area contributed by atoms with Gasteiger partial charge in [0.2, 0.25) is 5.91 Å². The minimum atomic E-state index is -0.887. The Morgan fingerprint density at radius 2 is 1.82 bits per heavy atom. The predicted octanol–water partition coefficient (Wildman–Crippen LogP) is -0.713. The van der Waals surface area contributed by atoms with Gasteiger partial charge in [-0.1, -0.05) is 0 Å². The van der Waals surface area contributed by atoms with Crippen molar-refractivity contribution in [1.82, 2.24) is 16.0 Å². The number of aliphatic carboxylic acids is 1. The summed E-state index contributed by atoms with van der Waals surface area (Å²) < 4.78 is 0. The van der Waals surface area contributed by atoms with E-state index in [1.54, 1.807) is 6.92 Å². The molecule has 7 nitrogen and oxygen atoms in total. The van der Waals surface area contributed by atoms with E-state index in [9.17, 15) is 14.4 Å². The van der Waals surface area contributed by atoms with Crippen molar-refractivity contribution in [3.05, 3.63) is 0 Å². The topological polar surface area (TPSA) is 108 Å². The predicted molar refractivity (Wildman–Crippen MR) is 59.4 cm³/mol. The molecule has 0 aromatic rings. The fraction of sp³-hybridized carbons (Fsp3) is 0.700. The largest absolute Gasteiger partial charge is 0.481 e.